The van der Waals surface area contributed by atoms with E-state index in [2.05, 4.69) is 211 Å². The first kappa shape index (κ1) is 138. The molecule has 2 amide bonds. The van der Waals surface area contributed by atoms with Crippen LogP contribution in [0.1, 0.15) is 333 Å². The number of ether oxygens (including phenoxy) is 10. The third-order valence-corrected chi connectivity index (χ3v) is 33.8. The molecule has 840 valence electrons. The second-order valence-electron chi connectivity index (χ2n) is 46.5. The summed E-state index contributed by atoms with van der Waals surface area (Å²) in [6.07, 6.45) is -6.12. The summed E-state index contributed by atoms with van der Waals surface area (Å²) in [5.74, 6) is 7.22. The summed E-state index contributed by atoms with van der Waals surface area (Å²) in [4.78, 5) is 83.2. The van der Waals surface area contributed by atoms with Crippen LogP contribution in [-0.2, 0) is 80.9 Å². The lowest BCUT2D eigenvalue weighted by Crippen LogP contribution is -2.63. The number of nitrogens with two attached hydrogens (primary N) is 1. The fourth-order valence-corrected chi connectivity index (χ4v) is 20.5. The molecule has 0 radical (unpaired) electrons. The first-order valence-electron chi connectivity index (χ1n) is 53.3. The molecule has 32 unspecified atom stereocenters. The third kappa shape index (κ3) is 39.0. The molecule has 0 aromatic heterocycles. The normalized spacial score (nSPS) is 36.9. The molecule has 7 aliphatic rings. The lowest BCUT2D eigenvalue weighted by Gasteiger charge is -2.47. The maximum absolute atomic E-state index is 12.6. The van der Waals surface area contributed by atoms with Crippen LogP contribution in [0.2, 0.25) is 0 Å². The van der Waals surface area contributed by atoms with Crippen molar-refractivity contribution in [2.75, 3.05) is 54.2 Å². The van der Waals surface area contributed by atoms with Crippen LogP contribution in [0.3, 0.4) is 0 Å². The lowest BCUT2D eigenvalue weighted by molar-refractivity contribution is -0.249. The van der Waals surface area contributed by atoms with Gasteiger partial charge in [-0.25, -0.2) is 24.0 Å². The number of nitrogens with one attached hydrogen (secondary N) is 2. The minimum absolute atomic E-state index is 0.00435. The van der Waals surface area contributed by atoms with Crippen molar-refractivity contribution in [3.8, 4) is 0 Å². The van der Waals surface area contributed by atoms with Crippen LogP contribution in [0.5, 0.6) is 0 Å². The summed E-state index contributed by atoms with van der Waals surface area (Å²) in [5.41, 5.74) is -1.33. The molecule has 33 heteroatoms. The number of aliphatic carboxylic acids is 2. The van der Waals surface area contributed by atoms with Crippen LogP contribution in [0.15, 0.2) is 0 Å². The number of aliphatic hydroxyl groups excluding tert-OH is 10. The van der Waals surface area contributed by atoms with Crippen molar-refractivity contribution in [2.24, 2.45) is 142 Å². The van der Waals surface area contributed by atoms with E-state index in [-0.39, 0.29) is 67.1 Å². The highest BCUT2D eigenvalue weighted by Crippen LogP contribution is 2.49. The monoisotopic (exact) mass is 2060 g/mol. The van der Waals surface area contributed by atoms with Crippen molar-refractivity contribution < 1.29 is 142 Å². The molecule has 0 aliphatic carbocycles. The molecule has 0 aromatic rings. The molecule has 0 spiro atoms. The van der Waals surface area contributed by atoms with E-state index in [1.807, 2.05) is 34.6 Å². The summed E-state index contributed by atoms with van der Waals surface area (Å²) in [6.45, 7) is 78.2. The average Bonchev–Trinajstić information content (AvgIpc) is 0.763. The zero-order chi connectivity index (χ0) is 111. The Hall–Kier alpha value is -4.14. The molecule has 0 bridgehead atoms. The molecule has 16 N–H and O–H groups in total. The minimum atomic E-state index is -1.78. The van der Waals surface area contributed by atoms with Crippen molar-refractivity contribution >= 4 is 53.3 Å². The van der Waals surface area contributed by atoms with Crippen LogP contribution in [0.25, 0.3) is 0 Å². The molecule has 7 heterocycles. The quantitative estimate of drug-likeness (QED) is 0.0165. The summed E-state index contributed by atoms with van der Waals surface area (Å²) < 4.78 is 56.1. The third-order valence-electron chi connectivity index (χ3n) is 33.4. The molecule has 7 saturated heterocycles. The van der Waals surface area contributed by atoms with E-state index in [1.165, 1.54) is 35.2 Å². The number of hydrogen-bond acceptors (Lipinski definition) is 28. The molecule has 42 atom stereocenters. The van der Waals surface area contributed by atoms with Gasteiger partial charge in [0, 0.05) is 32.4 Å². The van der Waals surface area contributed by atoms with Gasteiger partial charge in [-0.15, -0.1) is 0 Å². The molecule has 142 heavy (non-hydrogen) atoms. The van der Waals surface area contributed by atoms with Crippen molar-refractivity contribution in [3.63, 3.8) is 0 Å². The second-order valence-corrected chi connectivity index (χ2v) is 47.2. The van der Waals surface area contributed by atoms with E-state index in [0.717, 1.165) is 57.9 Å². The number of amides is 2. The Kier molecular flexibility index (Phi) is 60.2. The predicted molar refractivity (Wildman–Crippen MR) is 553 cm³/mol. The number of methoxy groups -OCH3 is 3. The number of carboxylic acids is 2. The lowest BCUT2D eigenvalue weighted by atomic mass is 9.72. The number of hydrogen-bond donors (Lipinski definition) is 15. The number of alkyl halides is 1. The van der Waals surface area contributed by atoms with Crippen molar-refractivity contribution in [1.29, 1.82) is 0 Å². The molecule has 32 nitrogen and oxygen atoms in total. The Bertz CT molecular complexity index is 3370. The van der Waals surface area contributed by atoms with Crippen LogP contribution in [0, 0.1) is 136 Å². The fourth-order valence-electron chi connectivity index (χ4n) is 20.0. The molecule has 0 aromatic carbocycles. The molecule has 7 fully saturated rings. The highest BCUT2D eigenvalue weighted by molar-refractivity contribution is 6.32. The van der Waals surface area contributed by atoms with Gasteiger partial charge in [-0.3, -0.25) is 9.59 Å². The van der Waals surface area contributed by atoms with Crippen LogP contribution >= 0.6 is 11.6 Å². The van der Waals surface area contributed by atoms with Crippen molar-refractivity contribution in [2.45, 2.75) is 463 Å². The van der Waals surface area contributed by atoms with Gasteiger partial charge in [-0.05, 0) is 210 Å². The summed E-state index contributed by atoms with van der Waals surface area (Å²) in [5, 5.41) is 118. The van der Waals surface area contributed by atoms with E-state index in [9.17, 15) is 79.5 Å². The maximum Gasteiger partial charge on any atom is 0.354 e. The van der Waals surface area contributed by atoms with Crippen LogP contribution < -0.4 is 16.4 Å². The smallest absolute Gasteiger partial charge is 0.354 e. The Labute approximate surface area is 861 Å². The topological polar surface area (TPSA) is 505 Å². The molecular formula is C109H208ClN3O29. The van der Waals surface area contributed by atoms with E-state index < -0.39 is 137 Å². The standard InChI is InChI=1S/C19H37NO2.2C16H30O3.C15H27ClO3.C15H28O3.C14H27NO7.C10H18O8.C4H11N/c1-9-13(4)15(6)17-16(7)14(5)10-19(8,22-17)18(21)20-11-12(2)3;2*1-8-10(2)12(4)14-13(5)11(3)9-16(6,19-14)15(17)18-7;1-7-9(2)11(4)13-12(5)10(3)8-15(16,19-13)14(17)18-6;1-7-9(2)11(4)13-12(5)10(3)8-15(6,18-13)14(16)17;1-7(2)5-15-13(21)14(3)4-8(17)10(19)12(22-14)11(20)9(18)6-16;1-10(9(16)17)2-4(12)6(14)8(18-10)7(15)5(13)3-11;1-4(2)3-5/h12-17H,9-11H2,1-8H3,(H,20,21);2*10-14H,8-9H2,1-7H3;9-13H,7-8H2,1-6H3;9-13H,7-8H2,1-6H3,(H,16,17);7-12,16-20H,4-6H2,1-3H3,(H,15,21);4-8,11-15H,2-3H2,1H3,(H,16,17);4H,3,5H2,1-2H3/t13-,14?,15-,16?,17?,19?;2*10-,11?,12-,13?,14?,16?;2*9-,10?,11-,12?,13?,15?;;;/m11111.../s1. The first-order valence-corrected chi connectivity index (χ1v) is 53.7. The number of esters is 3. The number of carboxylic acid groups (broad SMARTS) is 2. The van der Waals surface area contributed by atoms with E-state index in [0.29, 0.717) is 156 Å². The van der Waals surface area contributed by atoms with Gasteiger partial charge < -0.3 is 125 Å². The zero-order valence-electron chi connectivity index (χ0n) is 95.2. The van der Waals surface area contributed by atoms with Gasteiger partial charge in [0.25, 0.3) is 11.8 Å². The maximum atomic E-state index is 12.6. The van der Waals surface area contributed by atoms with Gasteiger partial charge in [0.05, 0.1) is 77.3 Å². The molecule has 7 rings (SSSR count). The number of carbonyl (C=O) groups is 7. The van der Waals surface area contributed by atoms with Gasteiger partial charge in [0.1, 0.15) is 60.0 Å². The summed E-state index contributed by atoms with van der Waals surface area (Å²) in [6, 6.07) is 0. The Morgan fingerprint density at radius 1 is 0.345 bits per heavy atom. The van der Waals surface area contributed by atoms with Crippen LogP contribution in [0.4, 0.5) is 0 Å². The summed E-state index contributed by atoms with van der Waals surface area (Å²) in [7, 11) is 4.23. The number of halogens is 1. The Morgan fingerprint density at radius 3 is 0.803 bits per heavy atom. The number of aliphatic hydroxyl groups is 10. The highest BCUT2D eigenvalue weighted by atomic mass is 35.5. The van der Waals surface area contributed by atoms with Crippen molar-refractivity contribution in [1.82, 2.24) is 10.6 Å². The highest BCUT2D eigenvalue weighted by Gasteiger charge is 2.57. The van der Waals surface area contributed by atoms with Crippen LogP contribution in [-0.4, -0.2) is 287 Å². The average molecular weight is 2060 g/mol. The Morgan fingerprint density at radius 2 is 0.556 bits per heavy atom. The molecular weight excluding hydrogens is 1850 g/mol. The van der Waals surface area contributed by atoms with E-state index in [4.69, 9.17) is 80.0 Å². The second kappa shape index (κ2) is 62.0. The van der Waals surface area contributed by atoms with Gasteiger partial charge in [-0.2, -0.15) is 0 Å². The molecule has 7 aliphatic heterocycles. The molecule has 0 saturated carbocycles. The first-order chi connectivity index (χ1) is 65.2. The summed E-state index contributed by atoms with van der Waals surface area (Å²) >= 11 is 6.38. The fraction of sp³-hybridized carbons (Fsp3) is 0.936. The van der Waals surface area contributed by atoms with Gasteiger partial charge in [0.15, 0.2) is 22.4 Å². The SMILES string of the molecule is CC(C)CN.CC(C)CNC(=O)C1(C)CC(O)C(O)C(C(O)C(O)CO)O1.CC1(C(=O)O)CC(O)C(O)C(C(O)C(O)CO)O1.CC[C@@H](C)[C@@H](C)C1OC(C)(C(=O)NCC(C)C)CC(C)C1C.CC[C@@H](C)[C@@H](C)C1OC(C)(C(=O)O)CC(C)C1C.CC[C@@H](C)[C@@H](C)C1OC(C)(C(=O)OC)CC(C)C1C.CC[C@@H](C)[C@@H](C)C1OC(C)(C(=O)OC)CC(C)C1C.CC[C@@H](C)[C@@H](C)C1OC(Cl)(C(=O)OC)CC(C)C1C. The van der Waals surface area contributed by atoms with E-state index >= 15 is 0 Å². The van der Waals surface area contributed by atoms with Gasteiger partial charge in [0.2, 0.25) is 5.06 Å². The zero-order valence-corrected chi connectivity index (χ0v) is 96.0. The minimum Gasteiger partial charge on any atom is -0.479 e. The Balaban J connectivity index is 0.00000162. The van der Waals surface area contributed by atoms with Gasteiger partial charge >= 0.3 is 29.8 Å². The van der Waals surface area contributed by atoms with Gasteiger partial charge in [-0.1, -0.05) is 258 Å². The largest absolute Gasteiger partial charge is 0.479 e. The number of rotatable bonds is 33. The predicted octanol–water partition coefficient (Wildman–Crippen LogP) is 14.4. The van der Waals surface area contributed by atoms with E-state index in [1.54, 1.807) is 6.92 Å². The number of carbonyl (C=O) groups excluding carboxylic acids is 5. The van der Waals surface area contributed by atoms with Crippen molar-refractivity contribution in [3.05, 3.63) is 0 Å².